The van der Waals surface area contributed by atoms with Gasteiger partial charge in [-0.2, -0.15) is 0 Å². The molecule has 2 saturated heterocycles. The number of anilines is 2. The van der Waals surface area contributed by atoms with Crippen LogP contribution in [0.1, 0.15) is 36.8 Å². The van der Waals surface area contributed by atoms with Crippen molar-refractivity contribution in [1.82, 2.24) is 0 Å². The number of carbonyl (C=O) groups excluding carboxylic acids is 4. The fourth-order valence-corrected chi connectivity index (χ4v) is 8.70. The Hall–Kier alpha value is -4.21. The van der Waals surface area contributed by atoms with Crippen molar-refractivity contribution in [2.45, 2.75) is 41.9 Å². The van der Waals surface area contributed by atoms with Crippen molar-refractivity contribution < 1.29 is 33.4 Å². The van der Waals surface area contributed by atoms with Crippen LogP contribution < -0.4 is 14.5 Å². The van der Waals surface area contributed by atoms with Crippen LogP contribution in [0.5, 0.6) is 11.5 Å². The monoisotopic (exact) mass is 662 g/mol. The van der Waals surface area contributed by atoms with Gasteiger partial charge in [0.25, 0.3) is 11.8 Å². The molecular formula is C35H29Cl2FN2O6. The maximum atomic E-state index is 14.4. The van der Waals surface area contributed by atoms with Crippen molar-refractivity contribution in [3.8, 4) is 11.5 Å². The maximum Gasteiger partial charge on any atom is 0.258 e. The van der Waals surface area contributed by atoms with Gasteiger partial charge in [-0.25, -0.2) is 9.29 Å². The molecule has 4 amide bonds. The molecule has 3 fully saturated rings. The highest BCUT2D eigenvalue weighted by Crippen LogP contribution is 2.66. The number of halogens is 3. The van der Waals surface area contributed by atoms with Gasteiger partial charge in [-0.3, -0.25) is 24.1 Å². The lowest BCUT2D eigenvalue weighted by Crippen LogP contribution is -2.60. The standard InChI is InChI=1S/C35H29Cl2FN2O6/c1-3-18-4-8-20(9-5-18)39-30(42)25-15-14-23-26(28(25)31(39)43)17-34(36)32(44)40(21-10-6-19(38)7-11-21)33(45)35(34,37)29(23)24-13-12-22(46-2)16-27(24)41/h4-14,16,25-26,28-29,41H,3,15,17H2,1-2H3/t25-,26+,28-,29+,34+,35-/m0/s1. The molecule has 0 bridgehead atoms. The second kappa shape index (κ2) is 10.7. The van der Waals surface area contributed by atoms with Gasteiger partial charge in [0.15, 0.2) is 9.75 Å². The van der Waals surface area contributed by atoms with Gasteiger partial charge in [-0.15, -0.1) is 23.2 Å². The van der Waals surface area contributed by atoms with Crippen LogP contribution in [0.4, 0.5) is 15.8 Å². The molecule has 2 aliphatic heterocycles. The predicted molar refractivity (Wildman–Crippen MR) is 170 cm³/mol. The second-order valence-corrected chi connectivity index (χ2v) is 13.4. The van der Waals surface area contributed by atoms with Gasteiger partial charge in [0.2, 0.25) is 11.8 Å². The highest BCUT2D eigenvalue weighted by molar-refractivity contribution is 6.58. The average Bonchev–Trinajstić information content (AvgIpc) is 3.39. The van der Waals surface area contributed by atoms with E-state index in [9.17, 15) is 28.7 Å². The zero-order valence-electron chi connectivity index (χ0n) is 24.9. The Kier molecular flexibility index (Phi) is 7.06. The number of hydrogen-bond acceptors (Lipinski definition) is 6. The molecule has 46 heavy (non-hydrogen) atoms. The normalized spacial score (nSPS) is 30.2. The van der Waals surface area contributed by atoms with E-state index in [0.29, 0.717) is 17.0 Å². The van der Waals surface area contributed by atoms with Gasteiger partial charge >= 0.3 is 0 Å². The van der Waals surface area contributed by atoms with Crippen LogP contribution in [-0.2, 0) is 25.6 Å². The lowest BCUT2D eigenvalue weighted by molar-refractivity contribution is -0.125. The number of ether oxygens (including phenoxy) is 1. The van der Waals surface area contributed by atoms with Crippen molar-refractivity contribution >= 4 is 58.2 Å². The van der Waals surface area contributed by atoms with Crippen LogP contribution in [0.3, 0.4) is 0 Å². The van der Waals surface area contributed by atoms with E-state index in [2.05, 4.69) is 0 Å². The minimum absolute atomic E-state index is 0.0761. The highest BCUT2D eigenvalue weighted by Gasteiger charge is 2.77. The fraction of sp³-hybridized carbons (Fsp3) is 0.314. The van der Waals surface area contributed by atoms with E-state index in [-0.39, 0.29) is 35.7 Å². The lowest BCUT2D eigenvalue weighted by Gasteiger charge is -2.50. The van der Waals surface area contributed by atoms with Crippen molar-refractivity contribution in [2.75, 3.05) is 16.9 Å². The largest absolute Gasteiger partial charge is 0.508 e. The van der Waals surface area contributed by atoms with E-state index < -0.39 is 57.0 Å². The van der Waals surface area contributed by atoms with E-state index in [1.54, 1.807) is 30.3 Å². The topological polar surface area (TPSA) is 104 Å². The summed E-state index contributed by atoms with van der Waals surface area (Å²) in [5.74, 6) is -6.47. The predicted octanol–water partition coefficient (Wildman–Crippen LogP) is 5.87. The number of alkyl halides is 2. The molecule has 3 aromatic rings. The summed E-state index contributed by atoms with van der Waals surface area (Å²) in [6.07, 6.45) is 2.56. The minimum atomic E-state index is -2.15. The molecular weight excluding hydrogens is 634 g/mol. The molecule has 236 valence electrons. The molecule has 8 nitrogen and oxygen atoms in total. The third kappa shape index (κ3) is 4.04. The Balaban J connectivity index is 1.39. The summed E-state index contributed by atoms with van der Waals surface area (Å²) in [5, 5.41) is 11.3. The summed E-state index contributed by atoms with van der Waals surface area (Å²) in [6, 6.07) is 16.5. The quantitative estimate of drug-likeness (QED) is 0.208. The Morgan fingerprint density at radius 1 is 0.891 bits per heavy atom. The summed E-state index contributed by atoms with van der Waals surface area (Å²) in [5.41, 5.74) is 2.33. The zero-order valence-corrected chi connectivity index (χ0v) is 26.4. The molecule has 0 radical (unpaired) electrons. The van der Waals surface area contributed by atoms with Crippen LogP contribution in [0.15, 0.2) is 78.4 Å². The molecule has 11 heteroatoms. The first kappa shape index (κ1) is 30.4. The number of hydrogen-bond donors (Lipinski definition) is 1. The fourth-order valence-electron chi connectivity index (χ4n) is 7.77. The van der Waals surface area contributed by atoms with Crippen LogP contribution in [0.25, 0.3) is 0 Å². The number of aromatic hydroxyl groups is 1. The van der Waals surface area contributed by atoms with Crippen LogP contribution in [0.2, 0.25) is 0 Å². The molecule has 0 unspecified atom stereocenters. The smallest absolute Gasteiger partial charge is 0.258 e. The molecule has 6 atom stereocenters. The number of methoxy groups -OCH3 is 1. The molecule has 4 aliphatic rings. The van der Waals surface area contributed by atoms with Crippen LogP contribution in [-0.4, -0.2) is 45.6 Å². The lowest BCUT2D eigenvalue weighted by atomic mass is 9.56. The Bertz CT molecular complexity index is 1850. The average molecular weight is 664 g/mol. The van der Waals surface area contributed by atoms with Gasteiger partial charge in [-0.1, -0.05) is 36.8 Å². The zero-order chi connectivity index (χ0) is 32.7. The van der Waals surface area contributed by atoms with Gasteiger partial charge < -0.3 is 9.84 Å². The number of allylic oxidation sites excluding steroid dienone is 2. The van der Waals surface area contributed by atoms with E-state index in [1.807, 2.05) is 19.1 Å². The Labute approximate surface area is 274 Å². The number of aryl methyl sites for hydroxylation is 1. The van der Waals surface area contributed by atoms with Crippen molar-refractivity contribution in [3.63, 3.8) is 0 Å². The van der Waals surface area contributed by atoms with E-state index in [0.717, 1.165) is 29.0 Å². The SMILES string of the molecule is CCc1ccc(N2C(=O)[C@H]3[C@H](CC=C4[C@H]3C[C@@]3(Cl)C(=O)N(c5ccc(F)cc5)C(=O)[C@@]3(Cl)[C@H]4c3ccc(OC)cc3O)C2=O)cc1. The summed E-state index contributed by atoms with van der Waals surface area (Å²) in [6.45, 7) is 2.01. The van der Waals surface area contributed by atoms with Gasteiger partial charge in [0.1, 0.15) is 17.3 Å². The molecule has 2 aliphatic carbocycles. The summed E-state index contributed by atoms with van der Waals surface area (Å²) in [7, 11) is 1.44. The molecule has 1 N–H and O–H groups in total. The van der Waals surface area contributed by atoms with Gasteiger partial charge in [0.05, 0.1) is 30.3 Å². The number of amides is 4. The van der Waals surface area contributed by atoms with E-state index >= 15 is 0 Å². The molecule has 0 spiro atoms. The van der Waals surface area contributed by atoms with E-state index in [4.69, 9.17) is 27.9 Å². The third-order valence-corrected chi connectivity index (χ3v) is 11.5. The number of nitrogens with zero attached hydrogens (tertiary/aromatic N) is 2. The number of imide groups is 2. The van der Waals surface area contributed by atoms with E-state index in [1.165, 1.54) is 30.2 Å². The minimum Gasteiger partial charge on any atom is -0.508 e. The summed E-state index contributed by atoms with van der Waals surface area (Å²) < 4.78 is 19.1. The highest BCUT2D eigenvalue weighted by atomic mass is 35.5. The number of benzene rings is 3. The maximum absolute atomic E-state index is 14.4. The van der Waals surface area contributed by atoms with Gasteiger partial charge in [-0.05, 0) is 73.2 Å². The molecule has 1 saturated carbocycles. The number of phenolic OH excluding ortho intramolecular Hbond substituents is 1. The number of fused-ring (bicyclic) bond motifs is 4. The number of carbonyl (C=O) groups is 4. The second-order valence-electron chi connectivity index (χ2n) is 12.2. The van der Waals surface area contributed by atoms with Crippen LogP contribution in [0, 0.1) is 23.6 Å². The molecule has 0 aromatic heterocycles. The number of phenols is 1. The first-order valence-corrected chi connectivity index (χ1v) is 15.8. The Morgan fingerprint density at radius 2 is 1.54 bits per heavy atom. The molecule has 2 heterocycles. The van der Waals surface area contributed by atoms with Crippen LogP contribution >= 0.6 is 23.2 Å². The first-order valence-electron chi connectivity index (χ1n) is 15.0. The molecule has 3 aromatic carbocycles. The van der Waals surface area contributed by atoms with Crippen molar-refractivity contribution in [1.29, 1.82) is 0 Å². The first-order chi connectivity index (χ1) is 22.0. The van der Waals surface area contributed by atoms with Crippen molar-refractivity contribution in [3.05, 3.63) is 95.3 Å². The molecule has 7 rings (SSSR count). The number of rotatable bonds is 5. The van der Waals surface area contributed by atoms with Gasteiger partial charge in [0, 0.05) is 17.5 Å². The Morgan fingerprint density at radius 3 is 2.17 bits per heavy atom. The summed E-state index contributed by atoms with van der Waals surface area (Å²) in [4.78, 5) is 54.6. The summed E-state index contributed by atoms with van der Waals surface area (Å²) >= 11 is 14.7. The third-order valence-electron chi connectivity index (χ3n) is 10.0. The van der Waals surface area contributed by atoms with Crippen molar-refractivity contribution in [2.24, 2.45) is 17.8 Å².